The lowest BCUT2D eigenvalue weighted by Crippen LogP contribution is -2.33. The van der Waals surface area contributed by atoms with E-state index in [1.807, 2.05) is 19.9 Å². The molecule has 0 bridgehead atoms. The smallest absolute Gasteiger partial charge is 0.125 e. The highest BCUT2D eigenvalue weighted by atomic mass is 16.5. The average Bonchev–Trinajstić information content (AvgIpc) is 2.08. The molecule has 1 aromatic carbocycles. The van der Waals surface area contributed by atoms with Gasteiger partial charge in [0.05, 0.1) is 6.61 Å². The van der Waals surface area contributed by atoms with Gasteiger partial charge in [-0.15, -0.1) is 0 Å². The van der Waals surface area contributed by atoms with Gasteiger partial charge in [-0.3, -0.25) is 0 Å². The van der Waals surface area contributed by atoms with Crippen molar-refractivity contribution in [2.75, 3.05) is 6.61 Å². The van der Waals surface area contributed by atoms with Gasteiger partial charge in [0.2, 0.25) is 0 Å². The maximum atomic E-state index is 5.90. The first-order chi connectivity index (χ1) is 6.90. The Morgan fingerprint density at radius 3 is 2.20 bits per heavy atom. The van der Waals surface area contributed by atoms with E-state index in [2.05, 4.69) is 26.0 Å². The third kappa shape index (κ3) is 3.92. The van der Waals surface area contributed by atoms with E-state index in [1.165, 1.54) is 11.1 Å². The van der Waals surface area contributed by atoms with E-state index in [4.69, 9.17) is 10.5 Å². The maximum absolute atomic E-state index is 5.90. The summed E-state index contributed by atoms with van der Waals surface area (Å²) < 4.78 is 5.76. The van der Waals surface area contributed by atoms with E-state index in [-0.39, 0.29) is 5.54 Å². The predicted molar refractivity (Wildman–Crippen MR) is 64.3 cm³/mol. The average molecular weight is 207 g/mol. The fourth-order valence-corrected chi connectivity index (χ4v) is 1.44. The van der Waals surface area contributed by atoms with Crippen LogP contribution < -0.4 is 10.5 Å². The van der Waals surface area contributed by atoms with E-state index in [9.17, 15) is 0 Å². The molecule has 15 heavy (non-hydrogen) atoms. The Labute approximate surface area is 92.4 Å². The Morgan fingerprint density at radius 2 is 1.73 bits per heavy atom. The molecule has 0 radical (unpaired) electrons. The Bertz CT molecular complexity index is 306. The summed E-state index contributed by atoms with van der Waals surface area (Å²) in [5, 5.41) is 0. The van der Waals surface area contributed by atoms with E-state index in [1.54, 1.807) is 0 Å². The molecule has 0 amide bonds. The molecule has 0 aliphatic rings. The van der Waals surface area contributed by atoms with Gasteiger partial charge in [-0.25, -0.2) is 0 Å². The summed E-state index contributed by atoms with van der Waals surface area (Å²) in [5.74, 6) is 1.00. The fraction of sp³-hybridized carbons (Fsp3) is 0.538. The Kier molecular flexibility index (Phi) is 3.75. The molecule has 0 aliphatic carbocycles. The molecule has 84 valence electrons. The number of nitrogens with two attached hydrogens (primary N) is 1. The first kappa shape index (κ1) is 12.1. The second-order valence-corrected chi connectivity index (χ2v) is 4.81. The number of hydrogen-bond donors (Lipinski definition) is 1. The van der Waals surface area contributed by atoms with Crippen LogP contribution in [0.15, 0.2) is 18.2 Å². The van der Waals surface area contributed by atoms with Crippen molar-refractivity contribution in [3.05, 3.63) is 29.3 Å². The topological polar surface area (TPSA) is 35.2 Å². The number of benzene rings is 1. The van der Waals surface area contributed by atoms with E-state index >= 15 is 0 Å². The summed E-state index contributed by atoms with van der Waals surface area (Å²) in [5.41, 5.74) is 8.11. The molecule has 0 fully saturated rings. The largest absolute Gasteiger partial charge is 0.493 e. The van der Waals surface area contributed by atoms with Crippen LogP contribution in [0.2, 0.25) is 0 Å². The molecular formula is C13H21NO. The highest BCUT2D eigenvalue weighted by molar-refractivity contribution is 5.39. The van der Waals surface area contributed by atoms with Crippen molar-refractivity contribution in [1.82, 2.24) is 0 Å². The zero-order valence-electron chi connectivity index (χ0n) is 10.1. The van der Waals surface area contributed by atoms with E-state index in [0.717, 1.165) is 12.2 Å². The van der Waals surface area contributed by atoms with Crippen LogP contribution in [0.5, 0.6) is 5.75 Å². The molecule has 1 aromatic rings. The molecule has 2 nitrogen and oxygen atoms in total. The molecule has 2 N–H and O–H groups in total. The normalized spacial score (nSPS) is 11.5. The zero-order chi connectivity index (χ0) is 11.5. The molecule has 0 aliphatic heterocycles. The fourth-order valence-electron chi connectivity index (χ4n) is 1.44. The third-order valence-corrected chi connectivity index (χ3v) is 2.40. The molecule has 1 rings (SSSR count). The van der Waals surface area contributed by atoms with Crippen molar-refractivity contribution < 1.29 is 4.74 Å². The van der Waals surface area contributed by atoms with Crippen molar-refractivity contribution in [3.8, 4) is 5.75 Å². The van der Waals surface area contributed by atoms with Gasteiger partial charge in [0, 0.05) is 5.54 Å². The van der Waals surface area contributed by atoms with Crippen LogP contribution in [-0.4, -0.2) is 12.1 Å². The van der Waals surface area contributed by atoms with Gasteiger partial charge in [-0.2, -0.15) is 0 Å². The molecule has 0 heterocycles. The van der Waals surface area contributed by atoms with E-state index < -0.39 is 0 Å². The molecule has 0 saturated heterocycles. The van der Waals surface area contributed by atoms with Crippen LogP contribution in [0.4, 0.5) is 0 Å². The van der Waals surface area contributed by atoms with Gasteiger partial charge < -0.3 is 10.5 Å². The number of ether oxygens (including phenoxy) is 1. The molecule has 0 saturated carbocycles. The van der Waals surface area contributed by atoms with Crippen molar-refractivity contribution in [3.63, 3.8) is 0 Å². The highest BCUT2D eigenvalue weighted by Gasteiger charge is 2.11. The molecule has 0 spiro atoms. The highest BCUT2D eigenvalue weighted by Crippen LogP contribution is 2.22. The number of hydrogen-bond acceptors (Lipinski definition) is 2. The van der Waals surface area contributed by atoms with Crippen LogP contribution in [0.1, 0.15) is 31.4 Å². The minimum atomic E-state index is -0.156. The predicted octanol–water partition coefficient (Wildman–Crippen LogP) is 2.81. The minimum Gasteiger partial charge on any atom is -0.493 e. The monoisotopic (exact) mass is 207 g/mol. The van der Waals surface area contributed by atoms with Crippen LogP contribution in [0.3, 0.4) is 0 Å². The Hall–Kier alpha value is -1.02. The second-order valence-electron chi connectivity index (χ2n) is 4.81. The summed E-state index contributed by atoms with van der Waals surface area (Å²) >= 11 is 0. The van der Waals surface area contributed by atoms with Crippen molar-refractivity contribution in [1.29, 1.82) is 0 Å². The van der Waals surface area contributed by atoms with Gasteiger partial charge in [-0.05, 0) is 45.2 Å². The zero-order valence-corrected chi connectivity index (χ0v) is 10.1. The summed E-state index contributed by atoms with van der Waals surface area (Å²) in [7, 11) is 0. The lowest BCUT2D eigenvalue weighted by molar-refractivity contribution is 0.271. The lowest BCUT2D eigenvalue weighted by atomic mass is 10.0. The van der Waals surface area contributed by atoms with Crippen LogP contribution in [0.25, 0.3) is 0 Å². The number of aryl methyl sites for hydroxylation is 2. The van der Waals surface area contributed by atoms with Gasteiger partial charge in [-0.1, -0.05) is 18.2 Å². The van der Waals surface area contributed by atoms with Crippen LogP contribution >= 0.6 is 0 Å². The SMILES string of the molecule is Cc1cccc(C)c1OCCC(C)(C)N. The molecule has 0 aromatic heterocycles. The van der Waals surface area contributed by atoms with Crippen molar-refractivity contribution in [2.45, 2.75) is 39.7 Å². The Balaban J connectivity index is 2.58. The molecule has 0 unspecified atom stereocenters. The van der Waals surface area contributed by atoms with Gasteiger partial charge in [0.1, 0.15) is 5.75 Å². The summed E-state index contributed by atoms with van der Waals surface area (Å²) in [6, 6.07) is 6.18. The van der Waals surface area contributed by atoms with Crippen molar-refractivity contribution >= 4 is 0 Å². The standard InChI is InChI=1S/C13H21NO/c1-10-6-5-7-11(2)12(10)15-9-8-13(3,4)14/h5-7H,8-9,14H2,1-4H3. The molecular weight excluding hydrogens is 186 g/mol. The number of rotatable bonds is 4. The van der Waals surface area contributed by atoms with Gasteiger partial charge >= 0.3 is 0 Å². The minimum absolute atomic E-state index is 0.156. The van der Waals surface area contributed by atoms with Gasteiger partial charge in [0.25, 0.3) is 0 Å². The third-order valence-electron chi connectivity index (χ3n) is 2.40. The summed E-state index contributed by atoms with van der Waals surface area (Å²) in [6.45, 7) is 8.84. The lowest BCUT2D eigenvalue weighted by Gasteiger charge is -2.19. The summed E-state index contributed by atoms with van der Waals surface area (Å²) in [4.78, 5) is 0. The molecule has 0 atom stereocenters. The first-order valence-electron chi connectivity index (χ1n) is 5.38. The van der Waals surface area contributed by atoms with Crippen molar-refractivity contribution in [2.24, 2.45) is 5.73 Å². The van der Waals surface area contributed by atoms with Crippen LogP contribution in [-0.2, 0) is 0 Å². The van der Waals surface area contributed by atoms with E-state index in [0.29, 0.717) is 6.61 Å². The first-order valence-corrected chi connectivity index (χ1v) is 5.38. The van der Waals surface area contributed by atoms with Crippen LogP contribution in [0, 0.1) is 13.8 Å². The molecule has 2 heteroatoms. The van der Waals surface area contributed by atoms with Gasteiger partial charge in [0.15, 0.2) is 0 Å². The maximum Gasteiger partial charge on any atom is 0.125 e. The Morgan fingerprint density at radius 1 is 1.20 bits per heavy atom. The summed E-state index contributed by atoms with van der Waals surface area (Å²) in [6.07, 6.45) is 0.862. The quantitative estimate of drug-likeness (QED) is 0.824. The number of para-hydroxylation sites is 1. The second kappa shape index (κ2) is 4.67.